The Morgan fingerprint density at radius 1 is 1.56 bits per heavy atom. The van der Waals surface area contributed by atoms with Gasteiger partial charge in [-0.3, -0.25) is 0 Å². The molecule has 0 amide bonds. The van der Waals surface area contributed by atoms with E-state index in [9.17, 15) is 4.79 Å². The number of aromatic nitrogens is 3. The minimum Gasteiger partial charge on any atom is -0.464 e. The third kappa shape index (κ3) is 2.42. The Hall–Kier alpha value is -2.11. The second-order valence-corrected chi connectivity index (χ2v) is 3.99. The molecule has 2 aromatic rings. The molecular weight excluding hydrogens is 232 g/mol. The molecule has 0 aliphatic carbocycles. The molecule has 6 nitrogen and oxygen atoms in total. The van der Waals surface area contributed by atoms with Gasteiger partial charge in [0, 0.05) is 5.69 Å². The summed E-state index contributed by atoms with van der Waals surface area (Å²) in [5, 5.41) is 7.21. The van der Waals surface area contributed by atoms with Crippen molar-refractivity contribution in [3.05, 3.63) is 23.9 Å². The summed E-state index contributed by atoms with van der Waals surface area (Å²) in [6.07, 6.45) is 0. The van der Waals surface area contributed by atoms with Crippen LogP contribution in [-0.4, -0.2) is 33.2 Å². The molecule has 1 N–H and O–H groups in total. The molecule has 0 aliphatic rings. The Morgan fingerprint density at radius 3 is 3.00 bits per heavy atom. The van der Waals surface area contributed by atoms with Gasteiger partial charge in [0.25, 0.3) is 0 Å². The standard InChI is InChI=1S/C12H16N4O2/c1-4-18-11(17)9(3)13-12-14-10-7-5-6-8(2)16(10)15-12/h5-7,9H,4H2,1-3H3,(H,13,15). The van der Waals surface area contributed by atoms with Gasteiger partial charge in [-0.1, -0.05) is 6.07 Å². The summed E-state index contributed by atoms with van der Waals surface area (Å²) in [7, 11) is 0. The first-order valence-electron chi connectivity index (χ1n) is 5.87. The zero-order valence-corrected chi connectivity index (χ0v) is 10.7. The molecule has 0 saturated heterocycles. The van der Waals surface area contributed by atoms with Gasteiger partial charge in [-0.25, -0.2) is 9.31 Å². The van der Waals surface area contributed by atoms with E-state index in [0.717, 1.165) is 11.3 Å². The van der Waals surface area contributed by atoms with Crippen LogP contribution in [0.15, 0.2) is 18.2 Å². The molecule has 2 rings (SSSR count). The lowest BCUT2D eigenvalue weighted by Crippen LogP contribution is -2.28. The summed E-state index contributed by atoms with van der Waals surface area (Å²) in [6, 6.07) is 5.25. The maximum absolute atomic E-state index is 11.5. The predicted octanol–water partition coefficient (Wildman–Crippen LogP) is 1.40. The number of hydrogen-bond acceptors (Lipinski definition) is 5. The molecule has 0 bridgehead atoms. The number of carbonyl (C=O) groups is 1. The van der Waals surface area contributed by atoms with E-state index in [0.29, 0.717) is 12.6 Å². The molecular formula is C12H16N4O2. The molecule has 0 radical (unpaired) electrons. The van der Waals surface area contributed by atoms with Gasteiger partial charge < -0.3 is 10.1 Å². The number of aryl methyl sites for hydroxylation is 1. The second kappa shape index (κ2) is 5.03. The summed E-state index contributed by atoms with van der Waals surface area (Å²) in [5.74, 6) is 0.109. The molecule has 18 heavy (non-hydrogen) atoms. The van der Waals surface area contributed by atoms with Crippen molar-refractivity contribution in [2.45, 2.75) is 26.8 Å². The molecule has 1 atom stereocenters. The smallest absolute Gasteiger partial charge is 0.328 e. The van der Waals surface area contributed by atoms with E-state index in [1.807, 2.05) is 25.1 Å². The van der Waals surface area contributed by atoms with Crippen molar-refractivity contribution in [3.8, 4) is 0 Å². The van der Waals surface area contributed by atoms with Gasteiger partial charge in [0.15, 0.2) is 5.65 Å². The molecule has 96 valence electrons. The van der Waals surface area contributed by atoms with Gasteiger partial charge in [0.2, 0.25) is 5.95 Å². The Kier molecular flexibility index (Phi) is 3.45. The van der Waals surface area contributed by atoms with Crippen molar-refractivity contribution in [1.82, 2.24) is 14.6 Å². The van der Waals surface area contributed by atoms with Crippen molar-refractivity contribution in [3.63, 3.8) is 0 Å². The van der Waals surface area contributed by atoms with Crippen LogP contribution >= 0.6 is 0 Å². The lowest BCUT2D eigenvalue weighted by Gasteiger charge is -2.10. The first-order valence-corrected chi connectivity index (χ1v) is 5.87. The Morgan fingerprint density at radius 2 is 2.33 bits per heavy atom. The number of ether oxygens (including phenoxy) is 1. The average Bonchev–Trinajstić information content (AvgIpc) is 2.73. The monoisotopic (exact) mass is 248 g/mol. The van der Waals surface area contributed by atoms with Crippen molar-refractivity contribution in [1.29, 1.82) is 0 Å². The number of fused-ring (bicyclic) bond motifs is 1. The highest BCUT2D eigenvalue weighted by molar-refractivity contribution is 5.78. The highest BCUT2D eigenvalue weighted by atomic mass is 16.5. The second-order valence-electron chi connectivity index (χ2n) is 3.99. The van der Waals surface area contributed by atoms with Crippen LogP contribution in [0.3, 0.4) is 0 Å². The molecule has 0 aliphatic heterocycles. The van der Waals surface area contributed by atoms with Crippen LogP contribution < -0.4 is 5.32 Å². The van der Waals surface area contributed by atoms with Crippen LogP contribution in [0.4, 0.5) is 5.95 Å². The quantitative estimate of drug-likeness (QED) is 0.828. The van der Waals surface area contributed by atoms with Crippen LogP contribution in [0.1, 0.15) is 19.5 Å². The van der Waals surface area contributed by atoms with Gasteiger partial charge in [0.05, 0.1) is 6.61 Å². The molecule has 0 fully saturated rings. The van der Waals surface area contributed by atoms with E-state index in [2.05, 4.69) is 15.4 Å². The fourth-order valence-corrected chi connectivity index (χ4v) is 1.62. The molecule has 0 saturated carbocycles. The van der Waals surface area contributed by atoms with Gasteiger partial charge in [0.1, 0.15) is 6.04 Å². The van der Waals surface area contributed by atoms with E-state index >= 15 is 0 Å². The summed E-state index contributed by atoms with van der Waals surface area (Å²) in [6.45, 7) is 5.80. The van der Waals surface area contributed by atoms with E-state index in [1.165, 1.54) is 0 Å². The molecule has 1 unspecified atom stereocenters. The first-order chi connectivity index (χ1) is 8.61. The number of pyridine rings is 1. The number of rotatable bonds is 4. The Bertz CT molecular complexity index is 564. The summed E-state index contributed by atoms with van der Waals surface area (Å²) in [4.78, 5) is 15.8. The number of carbonyl (C=O) groups excluding carboxylic acids is 1. The molecule has 0 aromatic carbocycles. The number of nitrogens with zero attached hydrogens (tertiary/aromatic N) is 3. The number of anilines is 1. The normalized spacial score (nSPS) is 12.4. The van der Waals surface area contributed by atoms with Crippen LogP contribution in [0.2, 0.25) is 0 Å². The number of hydrogen-bond donors (Lipinski definition) is 1. The lowest BCUT2D eigenvalue weighted by molar-refractivity contribution is -0.143. The van der Waals surface area contributed by atoms with E-state index in [1.54, 1.807) is 18.4 Å². The fraction of sp³-hybridized carbons (Fsp3) is 0.417. The SMILES string of the molecule is CCOC(=O)C(C)Nc1nc2cccc(C)n2n1. The highest BCUT2D eigenvalue weighted by Gasteiger charge is 2.15. The highest BCUT2D eigenvalue weighted by Crippen LogP contribution is 2.09. The molecule has 2 heterocycles. The maximum Gasteiger partial charge on any atom is 0.328 e. The average molecular weight is 248 g/mol. The minimum atomic E-state index is -0.470. The van der Waals surface area contributed by atoms with E-state index < -0.39 is 6.04 Å². The van der Waals surface area contributed by atoms with Crippen LogP contribution in [0, 0.1) is 6.92 Å². The predicted molar refractivity (Wildman–Crippen MR) is 67.4 cm³/mol. The molecule has 2 aromatic heterocycles. The fourth-order valence-electron chi connectivity index (χ4n) is 1.62. The van der Waals surface area contributed by atoms with Gasteiger partial charge in [-0.15, -0.1) is 5.10 Å². The largest absolute Gasteiger partial charge is 0.464 e. The first kappa shape index (κ1) is 12.3. The Labute approximate surface area is 105 Å². The molecule has 0 spiro atoms. The van der Waals surface area contributed by atoms with E-state index in [-0.39, 0.29) is 5.97 Å². The van der Waals surface area contributed by atoms with E-state index in [4.69, 9.17) is 4.74 Å². The van der Waals surface area contributed by atoms with Crippen LogP contribution in [0.25, 0.3) is 5.65 Å². The third-order valence-electron chi connectivity index (χ3n) is 2.53. The van der Waals surface area contributed by atoms with Crippen molar-refractivity contribution in [2.75, 3.05) is 11.9 Å². The number of nitrogens with one attached hydrogen (secondary N) is 1. The van der Waals surface area contributed by atoms with Gasteiger partial charge in [-0.2, -0.15) is 4.98 Å². The lowest BCUT2D eigenvalue weighted by atomic mass is 10.3. The Balaban J connectivity index is 2.17. The topological polar surface area (TPSA) is 68.5 Å². The summed E-state index contributed by atoms with van der Waals surface area (Å²) < 4.78 is 6.63. The number of esters is 1. The zero-order valence-electron chi connectivity index (χ0n) is 10.7. The maximum atomic E-state index is 11.5. The van der Waals surface area contributed by atoms with Crippen molar-refractivity contribution in [2.24, 2.45) is 0 Å². The summed E-state index contributed by atoms with van der Waals surface area (Å²) >= 11 is 0. The van der Waals surface area contributed by atoms with Crippen molar-refractivity contribution >= 4 is 17.6 Å². The van der Waals surface area contributed by atoms with Crippen LogP contribution in [-0.2, 0) is 9.53 Å². The van der Waals surface area contributed by atoms with Gasteiger partial charge >= 0.3 is 5.97 Å². The zero-order chi connectivity index (χ0) is 13.1. The van der Waals surface area contributed by atoms with Gasteiger partial charge in [-0.05, 0) is 32.9 Å². The summed E-state index contributed by atoms with van der Waals surface area (Å²) in [5.41, 5.74) is 1.73. The molecule has 6 heteroatoms. The third-order valence-corrected chi connectivity index (χ3v) is 2.53. The van der Waals surface area contributed by atoms with Crippen molar-refractivity contribution < 1.29 is 9.53 Å². The minimum absolute atomic E-state index is 0.312. The van der Waals surface area contributed by atoms with Crippen LogP contribution in [0.5, 0.6) is 0 Å².